The molecule has 2 rings (SSSR count). The summed E-state index contributed by atoms with van der Waals surface area (Å²) in [6.45, 7) is -0.266. The minimum atomic E-state index is -1.47. The molecule has 0 radical (unpaired) electrons. The number of hydrogen-bond donors (Lipinski definition) is 3. The van der Waals surface area contributed by atoms with Crippen molar-refractivity contribution in [2.45, 2.75) is 12.2 Å². The highest BCUT2D eigenvalue weighted by molar-refractivity contribution is 6.44. The van der Waals surface area contributed by atoms with Crippen molar-refractivity contribution in [2.75, 3.05) is 6.61 Å². The van der Waals surface area contributed by atoms with Crippen LogP contribution in [0.15, 0.2) is 12.1 Å². The van der Waals surface area contributed by atoms with Crippen LogP contribution < -0.4 is 4.65 Å². The van der Waals surface area contributed by atoms with Gasteiger partial charge in [-0.25, -0.2) is 9.18 Å². The van der Waals surface area contributed by atoms with Crippen molar-refractivity contribution in [1.82, 2.24) is 0 Å². The van der Waals surface area contributed by atoms with Gasteiger partial charge in [-0.3, -0.25) is 0 Å². The van der Waals surface area contributed by atoms with E-state index < -0.39 is 30.4 Å². The van der Waals surface area contributed by atoms with Gasteiger partial charge >= 0.3 is 13.1 Å². The Kier molecular flexibility index (Phi) is 3.04. The van der Waals surface area contributed by atoms with Gasteiger partial charge in [-0.2, -0.15) is 0 Å². The number of carbonyl (C=O) groups is 1. The molecule has 1 heterocycles. The van der Waals surface area contributed by atoms with Crippen LogP contribution in [-0.4, -0.2) is 34.9 Å². The fourth-order valence-corrected chi connectivity index (χ4v) is 1.95. The summed E-state index contributed by atoms with van der Waals surface area (Å²) in [7, 11) is -1.24. The molecule has 90 valence electrons. The summed E-state index contributed by atoms with van der Waals surface area (Å²) in [6, 6.07) is 2.38. The molecule has 0 saturated carbocycles. The molecule has 1 aliphatic heterocycles. The number of halogens is 1. The van der Waals surface area contributed by atoms with Gasteiger partial charge in [0.2, 0.25) is 0 Å². The van der Waals surface area contributed by atoms with Crippen molar-refractivity contribution < 1.29 is 29.1 Å². The summed E-state index contributed by atoms with van der Waals surface area (Å²) in [4.78, 5) is 10.9. The molecule has 17 heavy (non-hydrogen) atoms. The van der Waals surface area contributed by atoms with Gasteiger partial charge in [0, 0.05) is 18.8 Å². The van der Waals surface area contributed by atoms with E-state index in [4.69, 9.17) is 14.9 Å². The molecule has 5 nitrogen and oxygen atoms in total. The second-order valence-electron chi connectivity index (χ2n) is 3.83. The summed E-state index contributed by atoms with van der Waals surface area (Å²) in [5.74, 6) is -3.05. The predicted molar refractivity (Wildman–Crippen MR) is 56.6 cm³/mol. The van der Waals surface area contributed by atoms with Crippen LogP contribution in [0.25, 0.3) is 0 Å². The fourth-order valence-electron chi connectivity index (χ4n) is 1.95. The van der Waals surface area contributed by atoms with Crippen LogP contribution in [0, 0.1) is 5.82 Å². The molecule has 0 aliphatic carbocycles. The number of aliphatic hydroxyl groups excluding tert-OH is 1. The normalized spacial score (nSPS) is 18.5. The highest BCUT2D eigenvalue weighted by atomic mass is 19.1. The Bertz CT molecular complexity index is 464. The van der Waals surface area contributed by atoms with E-state index in [1.54, 1.807) is 0 Å². The van der Waals surface area contributed by atoms with E-state index >= 15 is 0 Å². The van der Waals surface area contributed by atoms with Gasteiger partial charge in [0.05, 0.1) is 0 Å². The fraction of sp³-hybridized carbons (Fsp3) is 0.300. The molecular weight excluding hydrogens is 230 g/mol. The first-order chi connectivity index (χ1) is 8.04. The molecule has 1 aromatic rings. The lowest BCUT2D eigenvalue weighted by Crippen LogP contribution is -2.32. The molecule has 0 unspecified atom stereocenters. The third kappa shape index (κ3) is 1.99. The SMILES string of the molecule is O=C(O)c1c(F)ccc2c1OB(O)C[C@H]2CO. The van der Waals surface area contributed by atoms with E-state index in [2.05, 4.69) is 0 Å². The minimum Gasteiger partial charge on any atom is -0.535 e. The summed E-state index contributed by atoms with van der Waals surface area (Å²) >= 11 is 0. The summed E-state index contributed by atoms with van der Waals surface area (Å²) in [6.07, 6.45) is 0.147. The van der Waals surface area contributed by atoms with Crippen LogP contribution in [0.2, 0.25) is 6.32 Å². The number of hydrogen-bond acceptors (Lipinski definition) is 4. The molecule has 0 aromatic heterocycles. The Morgan fingerprint density at radius 1 is 1.59 bits per heavy atom. The van der Waals surface area contributed by atoms with E-state index in [0.29, 0.717) is 5.56 Å². The first kappa shape index (κ1) is 11.9. The van der Waals surface area contributed by atoms with Crippen LogP contribution in [0.4, 0.5) is 4.39 Å². The van der Waals surface area contributed by atoms with Crippen molar-refractivity contribution in [3.63, 3.8) is 0 Å². The smallest absolute Gasteiger partial charge is 0.523 e. The number of carboxylic acids is 1. The van der Waals surface area contributed by atoms with Gasteiger partial charge in [0.1, 0.15) is 17.1 Å². The van der Waals surface area contributed by atoms with Gasteiger partial charge in [0.25, 0.3) is 0 Å². The quantitative estimate of drug-likeness (QED) is 0.654. The highest BCUT2D eigenvalue weighted by Crippen LogP contribution is 2.38. The number of fused-ring (bicyclic) bond motifs is 1. The van der Waals surface area contributed by atoms with Gasteiger partial charge in [0.15, 0.2) is 0 Å². The lowest BCUT2D eigenvalue weighted by molar-refractivity contribution is 0.0688. The Hall–Kier alpha value is -1.60. The Labute approximate surface area is 96.6 Å². The van der Waals surface area contributed by atoms with Crippen molar-refractivity contribution in [2.24, 2.45) is 0 Å². The maximum atomic E-state index is 13.4. The van der Waals surface area contributed by atoms with Crippen molar-refractivity contribution >= 4 is 13.1 Å². The average molecular weight is 240 g/mol. The maximum Gasteiger partial charge on any atom is 0.523 e. The molecule has 0 fully saturated rings. The molecule has 1 aromatic carbocycles. The molecule has 0 saturated heterocycles. The van der Waals surface area contributed by atoms with E-state index in [1.807, 2.05) is 0 Å². The average Bonchev–Trinajstić information content (AvgIpc) is 2.26. The predicted octanol–water partition coefficient (Wildman–Crippen LogP) is 0.473. The summed E-state index contributed by atoms with van der Waals surface area (Å²) in [5, 5.41) is 27.5. The second kappa shape index (κ2) is 4.35. The number of rotatable bonds is 2. The van der Waals surface area contributed by atoms with Crippen LogP contribution in [0.1, 0.15) is 21.8 Å². The Morgan fingerprint density at radius 2 is 2.29 bits per heavy atom. The third-order valence-electron chi connectivity index (χ3n) is 2.75. The van der Waals surface area contributed by atoms with Crippen molar-refractivity contribution in [3.8, 4) is 5.75 Å². The minimum absolute atomic E-state index is 0.147. The van der Waals surface area contributed by atoms with Crippen LogP contribution in [0.3, 0.4) is 0 Å². The molecule has 0 spiro atoms. The second-order valence-corrected chi connectivity index (χ2v) is 3.83. The molecule has 1 atom stereocenters. The maximum absolute atomic E-state index is 13.4. The highest BCUT2D eigenvalue weighted by Gasteiger charge is 2.35. The first-order valence-corrected chi connectivity index (χ1v) is 5.06. The van der Waals surface area contributed by atoms with E-state index in [9.17, 15) is 14.2 Å². The van der Waals surface area contributed by atoms with E-state index in [1.165, 1.54) is 6.07 Å². The van der Waals surface area contributed by atoms with Gasteiger partial charge in [-0.15, -0.1) is 0 Å². The lowest BCUT2D eigenvalue weighted by atomic mass is 9.72. The molecule has 3 N–H and O–H groups in total. The molecule has 1 aliphatic rings. The van der Waals surface area contributed by atoms with Crippen LogP contribution >= 0.6 is 0 Å². The Morgan fingerprint density at radius 3 is 2.88 bits per heavy atom. The lowest BCUT2D eigenvalue weighted by Gasteiger charge is -2.27. The van der Waals surface area contributed by atoms with Crippen LogP contribution in [0.5, 0.6) is 5.75 Å². The summed E-state index contributed by atoms with van der Waals surface area (Å²) in [5.41, 5.74) is -0.212. The zero-order valence-electron chi connectivity index (χ0n) is 8.76. The van der Waals surface area contributed by atoms with Gasteiger partial charge < -0.3 is 19.9 Å². The van der Waals surface area contributed by atoms with Crippen LogP contribution in [-0.2, 0) is 0 Å². The largest absolute Gasteiger partial charge is 0.535 e. The van der Waals surface area contributed by atoms with E-state index in [0.717, 1.165) is 6.07 Å². The van der Waals surface area contributed by atoms with Gasteiger partial charge in [-0.05, 0) is 11.6 Å². The molecular formula is C10H10BFO5. The molecule has 7 heteroatoms. The zero-order valence-corrected chi connectivity index (χ0v) is 8.76. The topological polar surface area (TPSA) is 87.0 Å². The van der Waals surface area contributed by atoms with Crippen molar-refractivity contribution in [3.05, 3.63) is 29.1 Å². The standard InChI is InChI=1S/C10H10BFO5/c12-7-2-1-6-5(4-13)3-11(16)17-9(6)8(7)10(14)15/h1-2,5,13,16H,3-4H2,(H,14,15)/t5-/m0/s1. The van der Waals surface area contributed by atoms with E-state index in [-0.39, 0.29) is 18.7 Å². The van der Waals surface area contributed by atoms with Gasteiger partial charge in [-0.1, -0.05) is 6.07 Å². The number of aromatic carboxylic acids is 1. The molecule has 0 bridgehead atoms. The zero-order chi connectivity index (χ0) is 12.6. The third-order valence-corrected chi connectivity index (χ3v) is 2.75. The Balaban J connectivity index is 2.60. The van der Waals surface area contributed by atoms with Crippen molar-refractivity contribution in [1.29, 1.82) is 0 Å². The number of carboxylic acid groups (broad SMARTS) is 1. The summed E-state index contributed by atoms with van der Waals surface area (Å²) < 4.78 is 18.3. The monoisotopic (exact) mass is 240 g/mol. The number of benzene rings is 1. The first-order valence-electron chi connectivity index (χ1n) is 5.06. The number of aliphatic hydroxyl groups is 1. The molecule has 0 amide bonds.